The van der Waals surface area contributed by atoms with Crippen molar-refractivity contribution in [2.75, 3.05) is 4.90 Å². The largest absolute Gasteiger partial charge is 0.274 e. The molecule has 6 heteroatoms. The number of anilines is 1. The van der Waals surface area contributed by atoms with Crippen LogP contribution in [0.3, 0.4) is 0 Å². The molecule has 1 saturated heterocycles. The third-order valence-corrected chi connectivity index (χ3v) is 4.33. The van der Waals surface area contributed by atoms with E-state index in [1.54, 1.807) is 0 Å². The maximum atomic E-state index is 11.9. The van der Waals surface area contributed by atoms with Gasteiger partial charge in [0, 0.05) is 6.42 Å². The molecule has 2 aromatic rings. The molecule has 1 fully saturated rings. The number of benzene rings is 1. The van der Waals surface area contributed by atoms with Crippen LogP contribution in [0, 0.1) is 6.92 Å². The Bertz CT molecular complexity index is 665. The molecule has 2 amide bonds. The highest BCUT2D eigenvalue weighted by Gasteiger charge is 2.39. The molecular formula is C12H10N2O2S2. The van der Waals surface area contributed by atoms with Gasteiger partial charge in [-0.2, -0.15) is 12.6 Å². The molecule has 1 aliphatic heterocycles. The van der Waals surface area contributed by atoms with Crippen LogP contribution in [0.4, 0.5) is 5.13 Å². The monoisotopic (exact) mass is 278 g/mol. The van der Waals surface area contributed by atoms with Gasteiger partial charge in [0.05, 0.1) is 15.5 Å². The predicted molar refractivity (Wildman–Crippen MR) is 74.2 cm³/mol. The van der Waals surface area contributed by atoms with Gasteiger partial charge in [-0.25, -0.2) is 9.88 Å². The molecule has 0 N–H and O–H groups in total. The lowest BCUT2D eigenvalue weighted by atomic mass is 10.2. The Labute approximate surface area is 113 Å². The van der Waals surface area contributed by atoms with Crippen molar-refractivity contribution in [3.8, 4) is 0 Å². The summed E-state index contributed by atoms with van der Waals surface area (Å²) in [7, 11) is 0. The standard InChI is InChI=1S/C12H10N2O2S2/c1-6-3-2-4-8-10(6)13-12(18-8)14-9(15)5-7(17)11(14)16/h2-4,7,17H,5H2,1H3/t7-/m0/s1. The lowest BCUT2D eigenvalue weighted by molar-refractivity contribution is -0.121. The number of hydrogen-bond acceptors (Lipinski definition) is 5. The van der Waals surface area contributed by atoms with Crippen LogP contribution in [0.5, 0.6) is 0 Å². The zero-order chi connectivity index (χ0) is 12.9. The molecule has 0 spiro atoms. The second kappa shape index (κ2) is 4.07. The van der Waals surface area contributed by atoms with Crippen LogP contribution >= 0.6 is 24.0 Å². The van der Waals surface area contributed by atoms with Gasteiger partial charge in [-0.3, -0.25) is 9.59 Å². The molecule has 1 atom stereocenters. The van der Waals surface area contributed by atoms with Gasteiger partial charge in [-0.1, -0.05) is 23.5 Å². The number of fused-ring (bicyclic) bond motifs is 1. The van der Waals surface area contributed by atoms with Crippen molar-refractivity contribution < 1.29 is 9.59 Å². The van der Waals surface area contributed by atoms with Gasteiger partial charge in [-0.15, -0.1) is 0 Å². The number of carbonyl (C=O) groups is 2. The molecule has 0 saturated carbocycles. The van der Waals surface area contributed by atoms with Crippen LogP contribution in [0.1, 0.15) is 12.0 Å². The molecule has 0 radical (unpaired) electrons. The van der Waals surface area contributed by atoms with E-state index in [0.29, 0.717) is 5.13 Å². The van der Waals surface area contributed by atoms with E-state index in [1.165, 1.54) is 11.3 Å². The second-order valence-electron chi connectivity index (χ2n) is 4.21. The van der Waals surface area contributed by atoms with Gasteiger partial charge in [0.1, 0.15) is 0 Å². The van der Waals surface area contributed by atoms with E-state index < -0.39 is 5.25 Å². The van der Waals surface area contributed by atoms with E-state index in [-0.39, 0.29) is 18.2 Å². The summed E-state index contributed by atoms with van der Waals surface area (Å²) in [4.78, 5) is 29.2. The highest BCUT2D eigenvalue weighted by molar-refractivity contribution is 7.82. The SMILES string of the molecule is Cc1cccc2sc(N3C(=O)C[C@H](S)C3=O)nc12. The number of para-hydroxylation sites is 1. The number of nitrogens with zero attached hydrogens (tertiary/aromatic N) is 2. The topological polar surface area (TPSA) is 50.3 Å². The van der Waals surface area contributed by atoms with Crippen molar-refractivity contribution in [1.29, 1.82) is 0 Å². The average Bonchev–Trinajstić information content (AvgIpc) is 2.83. The molecule has 0 bridgehead atoms. The van der Waals surface area contributed by atoms with Crippen LogP contribution in [-0.2, 0) is 9.59 Å². The number of thiol groups is 1. The smallest absolute Gasteiger partial charge is 0.249 e. The van der Waals surface area contributed by atoms with Crippen molar-refractivity contribution in [2.24, 2.45) is 0 Å². The normalized spacial score (nSPS) is 20.1. The van der Waals surface area contributed by atoms with Crippen molar-refractivity contribution in [2.45, 2.75) is 18.6 Å². The van der Waals surface area contributed by atoms with Crippen LogP contribution in [-0.4, -0.2) is 22.0 Å². The van der Waals surface area contributed by atoms with E-state index >= 15 is 0 Å². The van der Waals surface area contributed by atoms with Crippen LogP contribution in [0.15, 0.2) is 18.2 Å². The summed E-state index contributed by atoms with van der Waals surface area (Å²) in [6.07, 6.45) is 0.150. The molecule has 2 heterocycles. The summed E-state index contributed by atoms with van der Waals surface area (Å²) in [5, 5.41) is -0.0866. The minimum atomic E-state index is -0.536. The summed E-state index contributed by atoms with van der Waals surface area (Å²) < 4.78 is 0.980. The Morgan fingerprint density at radius 3 is 2.83 bits per heavy atom. The summed E-state index contributed by atoms with van der Waals surface area (Å²) in [5.74, 6) is -0.503. The predicted octanol–water partition coefficient (Wildman–Crippen LogP) is 2.17. The second-order valence-corrected chi connectivity index (χ2v) is 5.84. The number of carbonyl (C=O) groups excluding carboxylic acids is 2. The van der Waals surface area contributed by atoms with Crippen LogP contribution in [0.25, 0.3) is 10.2 Å². The lowest BCUT2D eigenvalue weighted by Gasteiger charge is -2.08. The molecule has 92 valence electrons. The minimum absolute atomic E-state index is 0.150. The fourth-order valence-corrected chi connectivity index (χ4v) is 3.33. The summed E-state index contributed by atoms with van der Waals surface area (Å²) in [6.45, 7) is 1.96. The van der Waals surface area contributed by atoms with Gasteiger partial charge >= 0.3 is 0 Å². The number of amides is 2. The van der Waals surface area contributed by atoms with Crippen LogP contribution < -0.4 is 4.90 Å². The molecule has 1 aromatic carbocycles. The molecule has 1 aromatic heterocycles. The third-order valence-electron chi connectivity index (χ3n) is 2.92. The first-order chi connectivity index (χ1) is 8.58. The molecule has 4 nitrogen and oxygen atoms in total. The first-order valence-corrected chi connectivity index (χ1v) is 6.82. The Morgan fingerprint density at radius 2 is 2.22 bits per heavy atom. The van der Waals surface area contributed by atoms with Crippen molar-refractivity contribution in [3.63, 3.8) is 0 Å². The number of aromatic nitrogens is 1. The van der Waals surface area contributed by atoms with Gasteiger partial charge in [0.25, 0.3) is 0 Å². The quantitative estimate of drug-likeness (QED) is 0.642. The Balaban J connectivity index is 2.13. The number of thiazole rings is 1. The minimum Gasteiger partial charge on any atom is -0.274 e. The van der Waals surface area contributed by atoms with Crippen molar-refractivity contribution in [1.82, 2.24) is 4.98 Å². The highest BCUT2D eigenvalue weighted by atomic mass is 32.1. The molecule has 0 unspecified atom stereocenters. The van der Waals surface area contributed by atoms with Crippen LogP contribution in [0.2, 0.25) is 0 Å². The Morgan fingerprint density at radius 1 is 1.44 bits per heavy atom. The summed E-state index contributed by atoms with van der Waals surface area (Å²) >= 11 is 5.46. The lowest BCUT2D eigenvalue weighted by Crippen LogP contribution is -2.30. The number of aryl methyl sites for hydroxylation is 1. The molecule has 1 aliphatic rings. The number of rotatable bonds is 1. The molecule has 0 aliphatic carbocycles. The van der Waals surface area contributed by atoms with Crippen molar-refractivity contribution in [3.05, 3.63) is 23.8 Å². The first-order valence-electron chi connectivity index (χ1n) is 5.49. The average molecular weight is 278 g/mol. The van der Waals surface area contributed by atoms with E-state index in [2.05, 4.69) is 17.6 Å². The summed E-state index contributed by atoms with van der Waals surface area (Å²) in [5.41, 5.74) is 1.89. The van der Waals surface area contributed by atoms with Gasteiger partial charge in [0.15, 0.2) is 5.13 Å². The van der Waals surface area contributed by atoms with Gasteiger partial charge in [0.2, 0.25) is 11.8 Å². The van der Waals surface area contributed by atoms with Gasteiger partial charge < -0.3 is 0 Å². The number of hydrogen-bond donors (Lipinski definition) is 1. The fourth-order valence-electron chi connectivity index (χ4n) is 1.99. The van der Waals surface area contributed by atoms with E-state index in [1.807, 2.05) is 25.1 Å². The molecular weight excluding hydrogens is 268 g/mol. The van der Waals surface area contributed by atoms with E-state index in [4.69, 9.17) is 0 Å². The molecule has 3 rings (SSSR count). The zero-order valence-electron chi connectivity index (χ0n) is 9.58. The molecule has 18 heavy (non-hydrogen) atoms. The van der Waals surface area contributed by atoms with E-state index in [9.17, 15) is 9.59 Å². The fraction of sp³-hybridized carbons (Fsp3) is 0.250. The third kappa shape index (κ3) is 1.64. The highest BCUT2D eigenvalue weighted by Crippen LogP contribution is 2.33. The first kappa shape index (κ1) is 11.7. The van der Waals surface area contributed by atoms with Gasteiger partial charge in [-0.05, 0) is 18.6 Å². The van der Waals surface area contributed by atoms with E-state index in [0.717, 1.165) is 20.7 Å². The number of imide groups is 1. The Kier molecular flexibility index (Phi) is 2.64. The summed E-state index contributed by atoms with van der Waals surface area (Å²) in [6, 6.07) is 5.84. The maximum absolute atomic E-state index is 11.9. The zero-order valence-corrected chi connectivity index (χ0v) is 11.3. The Hall–Kier alpha value is -1.40. The maximum Gasteiger partial charge on any atom is 0.249 e. The van der Waals surface area contributed by atoms with Crippen molar-refractivity contribution >= 4 is 51.1 Å².